The van der Waals surface area contributed by atoms with Gasteiger partial charge in [-0.15, -0.1) is 0 Å². The van der Waals surface area contributed by atoms with E-state index in [-0.39, 0.29) is 17.1 Å². The predicted molar refractivity (Wildman–Crippen MR) is 71.1 cm³/mol. The third-order valence-corrected chi connectivity index (χ3v) is 2.59. The van der Waals surface area contributed by atoms with Crippen LogP contribution >= 0.6 is 0 Å². The Kier molecular flexibility index (Phi) is 5.54. The van der Waals surface area contributed by atoms with E-state index in [1.54, 1.807) is 12.3 Å². The van der Waals surface area contributed by atoms with E-state index in [1.807, 2.05) is 6.92 Å². The lowest BCUT2D eigenvalue weighted by molar-refractivity contribution is 0.227. The average molecular weight is 254 g/mol. The van der Waals surface area contributed by atoms with Crippen molar-refractivity contribution in [2.45, 2.75) is 40.7 Å². The summed E-state index contributed by atoms with van der Waals surface area (Å²) in [6.07, 6.45) is 2.45. The summed E-state index contributed by atoms with van der Waals surface area (Å²) >= 11 is 0. The fraction of sp³-hybridized carbons (Fsp3) is 0.643. The van der Waals surface area contributed by atoms with Gasteiger partial charge < -0.3 is 10.1 Å². The van der Waals surface area contributed by atoms with E-state index in [9.17, 15) is 4.39 Å². The molecule has 102 valence electrons. The molecular formula is C14H23FN2O. The van der Waals surface area contributed by atoms with Crippen LogP contribution in [0.4, 0.5) is 4.39 Å². The molecule has 0 saturated heterocycles. The molecule has 18 heavy (non-hydrogen) atoms. The molecule has 0 fully saturated rings. The van der Waals surface area contributed by atoms with Crippen molar-refractivity contribution in [1.82, 2.24) is 10.3 Å². The second-order valence-corrected chi connectivity index (χ2v) is 5.53. The van der Waals surface area contributed by atoms with Gasteiger partial charge in [0, 0.05) is 18.3 Å². The van der Waals surface area contributed by atoms with Crippen LogP contribution in [-0.2, 0) is 6.54 Å². The van der Waals surface area contributed by atoms with E-state index >= 15 is 0 Å². The third kappa shape index (κ3) is 5.00. The maximum Gasteiger partial charge on any atom is 0.250 e. The summed E-state index contributed by atoms with van der Waals surface area (Å²) in [7, 11) is 0. The number of pyridine rings is 1. The van der Waals surface area contributed by atoms with Gasteiger partial charge in [0.25, 0.3) is 5.88 Å². The molecule has 1 aromatic heterocycles. The van der Waals surface area contributed by atoms with Crippen LogP contribution in [0, 0.1) is 11.2 Å². The summed E-state index contributed by atoms with van der Waals surface area (Å²) in [4.78, 5) is 3.94. The molecule has 3 nitrogen and oxygen atoms in total. The van der Waals surface area contributed by atoms with E-state index in [2.05, 4.69) is 31.1 Å². The fourth-order valence-electron chi connectivity index (χ4n) is 1.41. The lowest BCUT2D eigenvalue weighted by Gasteiger charge is -2.18. The number of nitrogens with zero attached hydrogens (tertiary/aromatic N) is 1. The van der Waals surface area contributed by atoms with Gasteiger partial charge in [-0.3, -0.25) is 0 Å². The van der Waals surface area contributed by atoms with Gasteiger partial charge in [-0.25, -0.2) is 9.37 Å². The molecule has 0 unspecified atom stereocenters. The molecule has 0 radical (unpaired) electrons. The van der Waals surface area contributed by atoms with Crippen LogP contribution in [0.3, 0.4) is 0 Å². The molecule has 1 N–H and O–H groups in total. The number of aromatic nitrogens is 1. The highest BCUT2D eigenvalue weighted by molar-refractivity contribution is 5.23. The maximum absolute atomic E-state index is 14.0. The first-order valence-corrected chi connectivity index (χ1v) is 6.41. The van der Waals surface area contributed by atoms with Crippen molar-refractivity contribution in [2.24, 2.45) is 5.41 Å². The summed E-state index contributed by atoms with van der Waals surface area (Å²) in [6.45, 7) is 10.2. The SMILES string of the molecule is CCNCc1ccnc(OCCC(C)(C)C)c1F. The lowest BCUT2D eigenvalue weighted by atomic mass is 9.93. The van der Waals surface area contributed by atoms with Gasteiger partial charge in [-0.1, -0.05) is 27.7 Å². The Morgan fingerprint density at radius 1 is 1.39 bits per heavy atom. The summed E-state index contributed by atoms with van der Waals surface area (Å²) in [5, 5.41) is 3.09. The van der Waals surface area contributed by atoms with Gasteiger partial charge in [0.05, 0.1) is 6.61 Å². The zero-order valence-electron chi connectivity index (χ0n) is 11.7. The topological polar surface area (TPSA) is 34.2 Å². The summed E-state index contributed by atoms with van der Waals surface area (Å²) < 4.78 is 19.4. The smallest absolute Gasteiger partial charge is 0.250 e. The Labute approximate surface area is 109 Å². The van der Waals surface area contributed by atoms with Crippen molar-refractivity contribution in [2.75, 3.05) is 13.2 Å². The zero-order chi connectivity index (χ0) is 13.6. The second-order valence-electron chi connectivity index (χ2n) is 5.53. The molecule has 0 saturated carbocycles. The molecule has 0 aliphatic heterocycles. The molecule has 0 atom stereocenters. The van der Waals surface area contributed by atoms with E-state index in [0.717, 1.165) is 13.0 Å². The van der Waals surface area contributed by atoms with E-state index in [0.29, 0.717) is 18.7 Å². The van der Waals surface area contributed by atoms with Crippen LogP contribution in [-0.4, -0.2) is 18.1 Å². The van der Waals surface area contributed by atoms with Crippen molar-refractivity contribution >= 4 is 0 Å². The normalized spacial score (nSPS) is 11.6. The van der Waals surface area contributed by atoms with Gasteiger partial charge >= 0.3 is 0 Å². The quantitative estimate of drug-likeness (QED) is 0.846. The van der Waals surface area contributed by atoms with Crippen LogP contribution < -0.4 is 10.1 Å². The number of hydrogen-bond donors (Lipinski definition) is 1. The molecule has 4 heteroatoms. The van der Waals surface area contributed by atoms with E-state index in [4.69, 9.17) is 4.74 Å². The van der Waals surface area contributed by atoms with Gasteiger partial charge in [0.15, 0.2) is 5.82 Å². The average Bonchev–Trinajstić information content (AvgIpc) is 2.28. The Morgan fingerprint density at radius 2 is 2.11 bits per heavy atom. The van der Waals surface area contributed by atoms with Crippen LogP contribution in [0.5, 0.6) is 5.88 Å². The largest absolute Gasteiger partial charge is 0.476 e. The zero-order valence-corrected chi connectivity index (χ0v) is 11.7. The van der Waals surface area contributed by atoms with Crippen molar-refractivity contribution in [3.63, 3.8) is 0 Å². The first-order valence-electron chi connectivity index (χ1n) is 6.41. The molecule has 0 aliphatic rings. The highest BCUT2D eigenvalue weighted by atomic mass is 19.1. The predicted octanol–water partition coefficient (Wildman–Crippen LogP) is 3.15. The molecule has 1 aromatic rings. The number of hydrogen-bond acceptors (Lipinski definition) is 3. The van der Waals surface area contributed by atoms with Crippen molar-refractivity contribution in [3.05, 3.63) is 23.6 Å². The lowest BCUT2D eigenvalue weighted by Crippen LogP contribution is -2.15. The number of halogens is 1. The monoisotopic (exact) mass is 254 g/mol. The molecule has 1 heterocycles. The highest BCUT2D eigenvalue weighted by Gasteiger charge is 2.13. The Morgan fingerprint density at radius 3 is 2.72 bits per heavy atom. The van der Waals surface area contributed by atoms with Crippen molar-refractivity contribution in [1.29, 1.82) is 0 Å². The minimum absolute atomic E-state index is 0.106. The van der Waals surface area contributed by atoms with E-state index < -0.39 is 0 Å². The first-order chi connectivity index (χ1) is 8.44. The Hall–Kier alpha value is -1.16. The van der Waals surface area contributed by atoms with Crippen LogP contribution in [0.2, 0.25) is 0 Å². The van der Waals surface area contributed by atoms with E-state index in [1.165, 1.54) is 0 Å². The number of nitrogens with one attached hydrogen (secondary N) is 1. The minimum atomic E-state index is -0.354. The minimum Gasteiger partial charge on any atom is -0.476 e. The maximum atomic E-state index is 14.0. The molecule has 0 amide bonds. The van der Waals surface area contributed by atoms with Crippen LogP contribution in [0.15, 0.2) is 12.3 Å². The summed E-state index contributed by atoms with van der Waals surface area (Å²) in [5.74, 6) is -0.248. The summed E-state index contributed by atoms with van der Waals surface area (Å²) in [5.41, 5.74) is 0.773. The highest BCUT2D eigenvalue weighted by Crippen LogP contribution is 2.21. The van der Waals surface area contributed by atoms with Crippen molar-refractivity contribution < 1.29 is 9.13 Å². The van der Waals surface area contributed by atoms with Gasteiger partial charge in [0.1, 0.15) is 0 Å². The second kappa shape index (κ2) is 6.69. The summed E-state index contributed by atoms with van der Waals surface area (Å²) in [6, 6.07) is 1.68. The van der Waals surface area contributed by atoms with Gasteiger partial charge in [-0.2, -0.15) is 0 Å². The third-order valence-electron chi connectivity index (χ3n) is 2.59. The Bertz CT molecular complexity index is 375. The standard InChI is InChI=1S/C14H23FN2O/c1-5-16-10-11-6-8-17-13(12(11)15)18-9-7-14(2,3)4/h6,8,16H,5,7,9-10H2,1-4H3. The van der Waals surface area contributed by atoms with Gasteiger partial charge in [-0.05, 0) is 24.4 Å². The molecule has 0 aromatic carbocycles. The molecule has 0 spiro atoms. The van der Waals surface area contributed by atoms with Crippen LogP contribution in [0.1, 0.15) is 39.7 Å². The Balaban J connectivity index is 2.60. The molecular weight excluding hydrogens is 231 g/mol. The molecule has 1 rings (SSSR count). The van der Waals surface area contributed by atoms with Crippen LogP contribution in [0.25, 0.3) is 0 Å². The van der Waals surface area contributed by atoms with Gasteiger partial charge in [0.2, 0.25) is 0 Å². The first kappa shape index (κ1) is 14.9. The molecule has 0 bridgehead atoms. The number of ether oxygens (including phenoxy) is 1. The van der Waals surface area contributed by atoms with Crippen molar-refractivity contribution in [3.8, 4) is 5.88 Å². The molecule has 0 aliphatic carbocycles. The fourth-order valence-corrected chi connectivity index (χ4v) is 1.41. The number of rotatable bonds is 6.